The first-order valence-corrected chi connectivity index (χ1v) is 8.73. The fourth-order valence-electron chi connectivity index (χ4n) is 3.10. The van der Waals surface area contributed by atoms with Gasteiger partial charge in [0, 0.05) is 11.9 Å². The summed E-state index contributed by atoms with van der Waals surface area (Å²) in [5, 5.41) is 15.8. The summed E-state index contributed by atoms with van der Waals surface area (Å²) in [6, 6.07) is 7.22. The van der Waals surface area contributed by atoms with E-state index in [-0.39, 0.29) is 17.3 Å². The number of pyridine rings is 1. The Kier molecular flexibility index (Phi) is 5.65. The van der Waals surface area contributed by atoms with Gasteiger partial charge in [-0.25, -0.2) is 4.98 Å². The van der Waals surface area contributed by atoms with Crippen LogP contribution in [0.2, 0.25) is 0 Å². The fourth-order valence-corrected chi connectivity index (χ4v) is 3.10. The summed E-state index contributed by atoms with van der Waals surface area (Å²) in [6.45, 7) is 0. The first kappa shape index (κ1) is 19.2. The predicted octanol–water partition coefficient (Wildman–Crippen LogP) is 4.07. The third-order valence-corrected chi connectivity index (χ3v) is 4.57. The molecule has 0 unspecified atom stereocenters. The molecule has 2 aromatic rings. The number of nitrogens with zero attached hydrogens (tertiary/aromatic N) is 1. The number of alkyl halides is 3. The van der Waals surface area contributed by atoms with Crippen molar-refractivity contribution in [2.75, 3.05) is 10.6 Å². The van der Waals surface area contributed by atoms with Gasteiger partial charge < -0.3 is 15.7 Å². The molecule has 1 heterocycles. The average Bonchev–Trinajstić information content (AvgIpc) is 2.64. The van der Waals surface area contributed by atoms with E-state index < -0.39 is 23.8 Å². The molecule has 1 aliphatic carbocycles. The summed E-state index contributed by atoms with van der Waals surface area (Å²) in [4.78, 5) is 16.7. The molecular weight excluding hydrogens is 359 g/mol. The number of halogens is 3. The van der Waals surface area contributed by atoms with Crippen molar-refractivity contribution in [2.45, 2.75) is 44.0 Å². The smallest absolute Gasteiger partial charge is 0.391 e. The van der Waals surface area contributed by atoms with Crippen molar-refractivity contribution >= 4 is 17.4 Å². The number of hydrogen-bond acceptors (Lipinski definition) is 4. The van der Waals surface area contributed by atoms with Crippen molar-refractivity contribution in [3.63, 3.8) is 0 Å². The highest BCUT2D eigenvalue weighted by Gasteiger charge is 2.30. The molecule has 144 valence electrons. The molecule has 3 N–H and O–H groups in total. The number of nitrogens with one attached hydrogen (secondary N) is 2. The van der Waals surface area contributed by atoms with Crippen LogP contribution < -0.4 is 10.6 Å². The van der Waals surface area contributed by atoms with Gasteiger partial charge in [0.1, 0.15) is 5.82 Å². The third kappa shape index (κ3) is 4.77. The van der Waals surface area contributed by atoms with Crippen molar-refractivity contribution in [1.82, 2.24) is 4.98 Å². The molecule has 1 aromatic heterocycles. The van der Waals surface area contributed by atoms with Crippen LogP contribution in [0.3, 0.4) is 0 Å². The van der Waals surface area contributed by atoms with Crippen LogP contribution in [0, 0.1) is 0 Å². The van der Waals surface area contributed by atoms with Gasteiger partial charge >= 0.3 is 6.18 Å². The normalized spacial score (nSPS) is 20.1. The fraction of sp³-hybridized carbons (Fsp3) is 0.368. The minimum Gasteiger partial charge on any atom is -0.391 e. The zero-order valence-electron chi connectivity index (χ0n) is 14.5. The van der Waals surface area contributed by atoms with Crippen LogP contribution in [0.5, 0.6) is 0 Å². The largest absolute Gasteiger partial charge is 0.416 e. The number of amides is 1. The zero-order valence-corrected chi connectivity index (χ0v) is 14.5. The van der Waals surface area contributed by atoms with E-state index in [4.69, 9.17) is 0 Å². The van der Waals surface area contributed by atoms with Gasteiger partial charge in [0.2, 0.25) is 0 Å². The maximum atomic E-state index is 12.6. The molecule has 5 nitrogen and oxygen atoms in total. The van der Waals surface area contributed by atoms with Gasteiger partial charge in [0.25, 0.3) is 5.91 Å². The molecule has 8 heteroatoms. The summed E-state index contributed by atoms with van der Waals surface area (Å²) < 4.78 is 37.9. The molecule has 2 atom stereocenters. The van der Waals surface area contributed by atoms with Crippen LogP contribution in [0.4, 0.5) is 24.7 Å². The highest BCUT2D eigenvalue weighted by Crippen LogP contribution is 2.30. The third-order valence-electron chi connectivity index (χ3n) is 4.57. The second-order valence-electron chi connectivity index (χ2n) is 6.53. The molecule has 0 radical (unpaired) electrons. The Morgan fingerprint density at radius 2 is 1.81 bits per heavy atom. The molecule has 0 saturated heterocycles. The van der Waals surface area contributed by atoms with Crippen molar-refractivity contribution in [3.05, 3.63) is 53.7 Å². The van der Waals surface area contributed by atoms with Crippen LogP contribution in [0.1, 0.15) is 41.6 Å². The number of carbonyl (C=O) groups excluding carboxylic acids is 1. The molecule has 0 spiro atoms. The quantitative estimate of drug-likeness (QED) is 0.749. The molecule has 1 aromatic carbocycles. The summed E-state index contributed by atoms with van der Waals surface area (Å²) in [7, 11) is 0. The molecule has 1 aliphatic rings. The number of aromatic nitrogens is 1. The second-order valence-corrected chi connectivity index (χ2v) is 6.53. The number of hydrogen-bond donors (Lipinski definition) is 3. The van der Waals surface area contributed by atoms with E-state index in [2.05, 4.69) is 15.6 Å². The van der Waals surface area contributed by atoms with E-state index >= 15 is 0 Å². The van der Waals surface area contributed by atoms with Crippen molar-refractivity contribution in [1.29, 1.82) is 0 Å². The van der Waals surface area contributed by atoms with Crippen molar-refractivity contribution in [2.24, 2.45) is 0 Å². The molecule has 1 saturated carbocycles. The topological polar surface area (TPSA) is 74.2 Å². The molecule has 3 rings (SSSR count). The van der Waals surface area contributed by atoms with E-state index in [1.165, 1.54) is 18.3 Å². The van der Waals surface area contributed by atoms with Crippen molar-refractivity contribution in [3.8, 4) is 0 Å². The number of aliphatic hydroxyl groups is 1. The summed E-state index contributed by atoms with van der Waals surface area (Å²) in [6.07, 6.45) is 0.00909. The van der Waals surface area contributed by atoms with E-state index in [9.17, 15) is 23.1 Å². The first-order chi connectivity index (χ1) is 12.8. The van der Waals surface area contributed by atoms with Crippen LogP contribution in [0.15, 0.2) is 42.6 Å². The molecular formula is C19H20F3N3O2. The lowest BCUT2D eigenvalue weighted by molar-refractivity contribution is -0.137. The highest BCUT2D eigenvalue weighted by molar-refractivity contribution is 6.07. The Morgan fingerprint density at radius 3 is 2.48 bits per heavy atom. The molecule has 27 heavy (non-hydrogen) atoms. The first-order valence-electron chi connectivity index (χ1n) is 8.73. The number of aliphatic hydroxyl groups excluding tert-OH is 1. The van der Waals surface area contributed by atoms with Crippen molar-refractivity contribution < 1.29 is 23.1 Å². The Morgan fingerprint density at radius 1 is 1.11 bits per heavy atom. The van der Waals surface area contributed by atoms with Gasteiger partial charge in [-0.2, -0.15) is 13.2 Å². The Bertz CT molecular complexity index is 794. The number of benzene rings is 1. The lowest BCUT2D eigenvalue weighted by Crippen LogP contribution is -2.37. The van der Waals surface area contributed by atoms with E-state index in [0.717, 1.165) is 31.4 Å². The molecule has 0 bridgehead atoms. The summed E-state index contributed by atoms with van der Waals surface area (Å²) in [5.74, 6) is -0.150. The number of carbonyl (C=O) groups is 1. The van der Waals surface area contributed by atoms with Crippen LogP contribution in [0.25, 0.3) is 0 Å². The van der Waals surface area contributed by atoms with Gasteiger partial charge in [-0.1, -0.05) is 12.8 Å². The Labute approximate surface area is 154 Å². The van der Waals surface area contributed by atoms with Gasteiger partial charge in [-0.3, -0.25) is 4.79 Å². The molecule has 1 fully saturated rings. The van der Waals surface area contributed by atoms with E-state index in [1.54, 1.807) is 12.1 Å². The highest BCUT2D eigenvalue weighted by atomic mass is 19.4. The molecule has 0 aliphatic heterocycles. The minimum absolute atomic E-state index is 0.189. The number of anilines is 2. The van der Waals surface area contributed by atoms with E-state index in [0.29, 0.717) is 12.2 Å². The second kappa shape index (κ2) is 7.96. The van der Waals surface area contributed by atoms with Crippen LogP contribution >= 0.6 is 0 Å². The molecule has 1 amide bonds. The summed E-state index contributed by atoms with van der Waals surface area (Å²) >= 11 is 0. The lowest BCUT2D eigenvalue weighted by Gasteiger charge is -2.29. The Balaban J connectivity index is 1.73. The zero-order chi connectivity index (χ0) is 19.4. The predicted molar refractivity (Wildman–Crippen MR) is 95.5 cm³/mol. The van der Waals surface area contributed by atoms with Gasteiger partial charge in [-0.05, 0) is 49.2 Å². The lowest BCUT2D eigenvalue weighted by atomic mass is 9.92. The monoisotopic (exact) mass is 379 g/mol. The maximum absolute atomic E-state index is 12.6. The average molecular weight is 379 g/mol. The van der Waals surface area contributed by atoms with Gasteiger partial charge in [-0.15, -0.1) is 0 Å². The van der Waals surface area contributed by atoms with Crippen LogP contribution in [-0.4, -0.2) is 28.1 Å². The van der Waals surface area contributed by atoms with Crippen LogP contribution in [-0.2, 0) is 6.18 Å². The summed E-state index contributed by atoms with van der Waals surface area (Å²) in [5.41, 5.74) is -0.272. The SMILES string of the molecule is O=C(Nc1ccc(C(F)(F)F)cc1)c1cccnc1N[C@@H]1CCCC[C@@H]1O. The van der Waals surface area contributed by atoms with E-state index in [1.807, 2.05) is 0 Å². The maximum Gasteiger partial charge on any atom is 0.416 e. The standard InChI is InChI=1S/C19H20F3N3O2/c20-19(21,22)12-7-9-13(10-8-12)24-18(27)14-4-3-11-23-17(14)25-15-5-1-2-6-16(15)26/h3-4,7-11,15-16,26H,1-2,5-6H2,(H,23,25)(H,24,27)/t15-,16+/m1/s1. The minimum atomic E-state index is -4.43. The van der Waals surface area contributed by atoms with Gasteiger partial charge in [0.15, 0.2) is 0 Å². The van der Waals surface area contributed by atoms with Gasteiger partial charge in [0.05, 0.1) is 23.3 Å². The number of rotatable bonds is 4. The Hall–Kier alpha value is -2.61.